The van der Waals surface area contributed by atoms with Gasteiger partial charge in [0.2, 0.25) is 0 Å². The Hall–Kier alpha value is -2.14. The lowest BCUT2D eigenvalue weighted by molar-refractivity contribution is 0.0601. The molecule has 2 aromatic rings. The van der Waals surface area contributed by atoms with Crippen molar-refractivity contribution in [3.05, 3.63) is 59.7 Å². The van der Waals surface area contributed by atoms with Crippen molar-refractivity contribution in [1.82, 2.24) is 0 Å². The van der Waals surface area contributed by atoms with E-state index in [1.807, 2.05) is 31.2 Å². The molecule has 1 unspecified atom stereocenters. The molecule has 0 aliphatic carbocycles. The van der Waals surface area contributed by atoms with Gasteiger partial charge in [0, 0.05) is 11.2 Å². The van der Waals surface area contributed by atoms with E-state index in [0.717, 1.165) is 5.56 Å². The van der Waals surface area contributed by atoms with E-state index in [4.69, 9.17) is 0 Å². The summed E-state index contributed by atoms with van der Waals surface area (Å²) in [6.45, 7) is 1.98. The Kier molecular flexibility index (Phi) is 4.43. The van der Waals surface area contributed by atoms with E-state index < -0.39 is 15.7 Å². The van der Waals surface area contributed by atoms with Crippen LogP contribution in [0.5, 0.6) is 0 Å². The Balaban J connectivity index is 2.35. The first kappa shape index (κ1) is 15.3. The number of benzene rings is 2. The molecule has 0 spiro atoms. The Morgan fingerprint density at radius 2 is 1.62 bits per heavy atom. The van der Waals surface area contributed by atoms with Crippen LogP contribution in [-0.2, 0) is 14.5 Å². The highest BCUT2D eigenvalue weighted by Gasteiger charge is 2.07. The summed E-state index contributed by atoms with van der Waals surface area (Å²) in [6, 6.07) is 14.0. The van der Waals surface area contributed by atoms with E-state index in [9.17, 15) is 9.00 Å². The van der Waals surface area contributed by atoms with E-state index in [0.29, 0.717) is 16.1 Å². The third-order valence-corrected chi connectivity index (χ3v) is 4.73. The zero-order valence-electron chi connectivity index (χ0n) is 12.2. The molecule has 0 radical (unpaired) electrons. The average Bonchev–Trinajstić information content (AvgIpc) is 2.47. The molecule has 0 aliphatic heterocycles. The van der Waals surface area contributed by atoms with Crippen molar-refractivity contribution in [3.63, 3.8) is 0 Å². The van der Waals surface area contributed by atoms with Gasteiger partial charge in [-0.15, -0.1) is 0 Å². The number of rotatable bonds is 3. The van der Waals surface area contributed by atoms with Crippen LogP contribution in [0.25, 0.3) is 0 Å². The number of hydrogen-bond acceptors (Lipinski definition) is 4. The molecular weight excluding hydrogens is 286 g/mol. The van der Waals surface area contributed by atoms with E-state index in [2.05, 4.69) is 9.10 Å². The third kappa shape index (κ3) is 3.70. The molecule has 0 N–H and O–H groups in total. The lowest BCUT2D eigenvalue weighted by Crippen LogP contribution is -2.00. The summed E-state index contributed by atoms with van der Waals surface area (Å²) in [5.41, 5.74) is 2.11. The van der Waals surface area contributed by atoms with Gasteiger partial charge in [-0.05, 0) is 43.3 Å². The van der Waals surface area contributed by atoms with Crippen LogP contribution in [0.15, 0.2) is 57.8 Å². The standard InChI is InChI=1S/C16H17NO3S/c1-12-4-10-15(11-5-12)21(3,19)17-14-8-6-13(7-9-14)16(18)20-2/h4-11H,1-3H3. The first-order chi connectivity index (χ1) is 9.92. The summed E-state index contributed by atoms with van der Waals surface area (Å²) in [6.07, 6.45) is 1.60. The zero-order valence-corrected chi connectivity index (χ0v) is 13.0. The maximum atomic E-state index is 12.7. The van der Waals surface area contributed by atoms with Crippen molar-refractivity contribution >= 4 is 21.4 Å². The SMILES string of the molecule is COC(=O)c1ccc(N=S(C)(=O)c2ccc(C)cc2)cc1. The van der Waals surface area contributed by atoms with Crippen LogP contribution < -0.4 is 0 Å². The van der Waals surface area contributed by atoms with Crippen LogP contribution in [0.3, 0.4) is 0 Å². The second-order valence-corrected chi connectivity index (χ2v) is 7.00. The molecule has 0 heterocycles. The van der Waals surface area contributed by atoms with Gasteiger partial charge in [-0.25, -0.2) is 9.00 Å². The zero-order chi connectivity index (χ0) is 15.5. The number of nitrogens with zero attached hydrogens (tertiary/aromatic N) is 1. The first-order valence-electron chi connectivity index (χ1n) is 6.39. The predicted octanol–water partition coefficient (Wildman–Crippen LogP) is 3.57. The summed E-state index contributed by atoms with van der Waals surface area (Å²) in [4.78, 5) is 12.0. The molecule has 5 heteroatoms. The van der Waals surface area contributed by atoms with Gasteiger partial charge in [0.25, 0.3) is 0 Å². The van der Waals surface area contributed by atoms with Gasteiger partial charge in [-0.2, -0.15) is 4.36 Å². The fraction of sp³-hybridized carbons (Fsp3) is 0.188. The molecule has 0 fully saturated rings. The first-order valence-corrected chi connectivity index (χ1v) is 8.32. The van der Waals surface area contributed by atoms with Gasteiger partial charge >= 0.3 is 5.97 Å². The molecule has 0 aliphatic rings. The lowest BCUT2D eigenvalue weighted by atomic mass is 10.2. The molecule has 0 saturated heterocycles. The Morgan fingerprint density at radius 1 is 1.05 bits per heavy atom. The highest BCUT2D eigenvalue weighted by molar-refractivity contribution is 7.93. The van der Waals surface area contributed by atoms with E-state index in [-0.39, 0.29) is 0 Å². The second kappa shape index (κ2) is 6.10. The molecule has 0 bridgehead atoms. The minimum Gasteiger partial charge on any atom is -0.465 e. The molecule has 1 atom stereocenters. The number of aryl methyl sites for hydroxylation is 1. The van der Waals surface area contributed by atoms with Gasteiger partial charge in [-0.1, -0.05) is 17.7 Å². The van der Waals surface area contributed by atoms with Crippen LogP contribution >= 0.6 is 0 Å². The Morgan fingerprint density at radius 3 is 2.14 bits per heavy atom. The number of hydrogen-bond donors (Lipinski definition) is 0. The van der Waals surface area contributed by atoms with Crippen molar-refractivity contribution in [2.24, 2.45) is 4.36 Å². The topological polar surface area (TPSA) is 55.7 Å². The van der Waals surface area contributed by atoms with E-state index in [1.54, 1.807) is 30.5 Å². The molecule has 4 nitrogen and oxygen atoms in total. The summed E-state index contributed by atoms with van der Waals surface area (Å²) >= 11 is 0. The largest absolute Gasteiger partial charge is 0.465 e. The highest BCUT2D eigenvalue weighted by atomic mass is 32.2. The minimum absolute atomic E-state index is 0.405. The van der Waals surface area contributed by atoms with Crippen LogP contribution in [-0.4, -0.2) is 23.5 Å². The van der Waals surface area contributed by atoms with Gasteiger partial charge in [0.15, 0.2) is 0 Å². The van der Waals surface area contributed by atoms with Crippen molar-refractivity contribution in [1.29, 1.82) is 0 Å². The molecule has 21 heavy (non-hydrogen) atoms. The summed E-state index contributed by atoms with van der Waals surface area (Å²) in [5, 5.41) is 0. The fourth-order valence-corrected chi connectivity index (χ4v) is 3.09. The summed E-state index contributed by atoms with van der Waals surface area (Å²) in [7, 11) is -1.18. The Bertz CT molecular complexity index is 755. The number of carbonyl (C=O) groups is 1. The molecule has 0 amide bonds. The van der Waals surface area contributed by atoms with Crippen molar-refractivity contribution in [2.75, 3.05) is 13.4 Å². The third-order valence-electron chi connectivity index (χ3n) is 3.03. The van der Waals surface area contributed by atoms with E-state index >= 15 is 0 Å². The lowest BCUT2D eigenvalue weighted by Gasteiger charge is -2.05. The van der Waals surface area contributed by atoms with E-state index in [1.165, 1.54) is 7.11 Å². The maximum absolute atomic E-state index is 12.7. The molecule has 0 aromatic heterocycles. The monoisotopic (exact) mass is 303 g/mol. The minimum atomic E-state index is -2.51. The van der Waals surface area contributed by atoms with Gasteiger partial charge < -0.3 is 4.74 Å². The summed E-state index contributed by atoms with van der Waals surface area (Å²) in [5.74, 6) is -0.405. The quantitative estimate of drug-likeness (QED) is 0.814. The van der Waals surface area contributed by atoms with Crippen LogP contribution in [0.2, 0.25) is 0 Å². The molecule has 2 aromatic carbocycles. The molecule has 110 valence electrons. The van der Waals surface area contributed by atoms with Gasteiger partial charge in [0.1, 0.15) is 0 Å². The normalized spacial score (nSPS) is 13.3. The highest BCUT2D eigenvalue weighted by Crippen LogP contribution is 2.20. The smallest absolute Gasteiger partial charge is 0.337 e. The molecule has 0 saturated carbocycles. The number of carbonyl (C=O) groups excluding carboxylic acids is 1. The van der Waals surface area contributed by atoms with Crippen LogP contribution in [0.1, 0.15) is 15.9 Å². The van der Waals surface area contributed by atoms with Crippen molar-refractivity contribution in [3.8, 4) is 0 Å². The van der Waals surface area contributed by atoms with Crippen molar-refractivity contribution < 1.29 is 13.7 Å². The maximum Gasteiger partial charge on any atom is 0.337 e. The number of ether oxygens (including phenoxy) is 1. The number of methoxy groups -OCH3 is 1. The molecular formula is C16H17NO3S. The number of esters is 1. The van der Waals surface area contributed by atoms with Crippen LogP contribution in [0.4, 0.5) is 5.69 Å². The molecule has 2 rings (SSSR count). The fourth-order valence-electron chi connectivity index (χ4n) is 1.82. The Labute approximate surface area is 125 Å². The predicted molar refractivity (Wildman–Crippen MR) is 83.4 cm³/mol. The van der Waals surface area contributed by atoms with Crippen LogP contribution in [0, 0.1) is 6.92 Å². The van der Waals surface area contributed by atoms with Crippen molar-refractivity contribution in [2.45, 2.75) is 11.8 Å². The van der Waals surface area contributed by atoms with Gasteiger partial charge in [0.05, 0.1) is 28.1 Å². The van der Waals surface area contributed by atoms with Gasteiger partial charge in [-0.3, -0.25) is 0 Å². The average molecular weight is 303 g/mol. The second-order valence-electron chi connectivity index (χ2n) is 4.75. The summed E-state index contributed by atoms with van der Waals surface area (Å²) < 4.78 is 21.6.